The van der Waals surface area contributed by atoms with Crippen molar-refractivity contribution >= 4 is 29.3 Å². The van der Waals surface area contributed by atoms with Crippen molar-refractivity contribution in [3.63, 3.8) is 0 Å². The number of amides is 1. The van der Waals surface area contributed by atoms with Gasteiger partial charge >= 0.3 is 0 Å². The highest BCUT2D eigenvalue weighted by Crippen LogP contribution is 2.37. The number of anilines is 1. The third-order valence-electron chi connectivity index (χ3n) is 4.36. The van der Waals surface area contributed by atoms with Gasteiger partial charge in [0.2, 0.25) is 5.62 Å². The quantitative estimate of drug-likeness (QED) is 0.415. The third kappa shape index (κ3) is 4.19. The summed E-state index contributed by atoms with van der Waals surface area (Å²) in [5, 5.41) is 4.19. The van der Waals surface area contributed by atoms with Crippen molar-refractivity contribution in [1.29, 1.82) is 0 Å². The zero-order valence-corrected chi connectivity index (χ0v) is 16.5. The molecule has 1 aromatic carbocycles. The number of hydrogen-bond acceptors (Lipinski definition) is 7. The van der Waals surface area contributed by atoms with Crippen LogP contribution in [0.3, 0.4) is 0 Å². The molecule has 1 aliphatic rings. The number of ether oxygens (including phenoxy) is 2. The van der Waals surface area contributed by atoms with Gasteiger partial charge in [-0.25, -0.2) is 4.98 Å². The standard InChI is InChI=1S/C20H24N6O3/c1-13(5-4-9-22-2)19(27)25-20-24-16-14(18-23-10-11-26(18)20)6-7-15(17(16)28-3)29-12-8-21/h4-7,9,23H,2,8,10-12,21H2,1,3H3/b9-4-,13-5+,25-20?. The lowest BCUT2D eigenvalue weighted by Crippen LogP contribution is -2.25. The lowest BCUT2D eigenvalue weighted by atomic mass is 10.2. The zero-order valence-electron chi connectivity index (χ0n) is 16.5. The van der Waals surface area contributed by atoms with Gasteiger partial charge in [0, 0.05) is 36.8 Å². The number of methoxy groups -OCH3 is 1. The summed E-state index contributed by atoms with van der Waals surface area (Å²) in [4.78, 5) is 25.0. The molecule has 9 nitrogen and oxygen atoms in total. The van der Waals surface area contributed by atoms with Crippen molar-refractivity contribution in [1.82, 2.24) is 9.55 Å². The van der Waals surface area contributed by atoms with Crippen LogP contribution in [0.2, 0.25) is 0 Å². The Morgan fingerprint density at radius 2 is 2.31 bits per heavy atom. The molecule has 1 aromatic heterocycles. The van der Waals surface area contributed by atoms with Gasteiger partial charge in [-0.15, -0.1) is 0 Å². The van der Waals surface area contributed by atoms with Crippen molar-refractivity contribution in [2.24, 2.45) is 15.7 Å². The van der Waals surface area contributed by atoms with Gasteiger partial charge in [0.05, 0.1) is 7.11 Å². The summed E-state index contributed by atoms with van der Waals surface area (Å²) in [7, 11) is 1.55. The summed E-state index contributed by atoms with van der Waals surface area (Å²) in [5.41, 5.74) is 6.86. The first-order valence-electron chi connectivity index (χ1n) is 9.17. The smallest absolute Gasteiger partial charge is 0.275 e. The van der Waals surface area contributed by atoms with Crippen LogP contribution in [0.15, 0.2) is 46.0 Å². The molecule has 2 heterocycles. The van der Waals surface area contributed by atoms with Gasteiger partial charge in [-0.05, 0) is 31.9 Å². The minimum Gasteiger partial charge on any atom is -0.491 e. The van der Waals surface area contributed by atoms with Crippen LogP contribution in [0.25, 0.3) is 10.9 Å². The number of nitrogens with one attached hydrogen (secondary N) is 1. The van der Waals surface area contributed by atoms with Crippen LogP contribution in [-0.4, -0.2) is 49.0 Å². The molecule has 3 N–H and O–H groups in total. The summed E-state index contributed by atoms with van der Waals surface area (Å²) in [6.45, 7) is 7.15. The Hall–Kier alpha value is -3.46. The minimum atomic E-state index is -0.387. The first kappa shape index (κ1) is 20.3. The molecule has 1 aliphatic heterocycles. The molecule has 0 saturated carbocycles. The second-order valence-corrected chi connectivity index (χ2v) is 6.26. The number of nitrogens with zero attached hydrogens (tertiary/aromatic N) is 4. The Morgan fingerprint density at radius 1 is 1.48 bits per heavy atom. The Labute approximate surface area is 168 Å². The zero-order chi connectivity index (χ0) is 20.8. The summed E-state index contributed by atoms with van der Waals surface area (Å²) in [6.07, 6.45) is 4.76. The van der Waals surface area contributed by atoms with Crippen LogP contribution in [0, 0.1) is 0 Å². The van der Waals surface area contributed by atoms with Crippen LogP contribution < -0.4 is 26.1 Å². The van der Waals surface area contributed by atoms with Gasteiger partial charge in [0.1, 0.15) is 17.9 Å². The molecule has 3 rings (SSSR count). The largest absolute Gasteiger partial charge is 0.491 e. The maximum atomic E-state index is 12.5. The number of fused-ring (bicyclic) bond motifs is 3. The molecule has 0 bridgehead atoms. The maximum absolute atomic E-state index is 12.5. The summed E-state index contributed by atoms with van der Waals surface area (Å²) >= 11 is 0. The minimum absolute atomic E-state index is 0.301. The first-order chi connectivity index (χ1) is 14.1. The number of aliphatic imine (C=N–C) groups is 1. The van der Waals surface area contributed by atoms with Crippen molar-refractivity contribution in [2.45, 2.75) is 13.5 Å². The predicted octanol–water partition coefficient (Wildman–Crippen LogP) is 1.40. The fourth-order valence-corrected chi connectivity index (χ4v) is 3.01. The number of allylic oxidation sites excluding steroid dienone is 2. The van der Waals surface area contributed by atoms with E-state index < -0.39 is 0 Å². The van der Waals surface area contributed by atoms with E-state index in [0.29, 0.717) is 54.4 Å². The molecule has 152 valence electrons. The third-order valence-corrected chi connectivity index (χ3v) is 4.36. The number of benzene rings is 1. The summed E-state index contributed by atoms with van der Waals surface area (Å²) in [5.74, 6) is 1.46. The van der Waals surface area contributed by atoms with Crippen molar-refractivity contribution < 1.29 is 14.3 Å². The summed E-state index contributed by atoms with van der Waals surface area (Å²) < 4.78 is 13.1. The van der Waals surface area contributed by atoms with Crippen molar-refractivity contribution in [2.75, 3.05) is 32.1 Å². The second kappa shape index (κ2) is 9.16. The molecule has 29 heavy (non-hydrogen) atoms. The number of nitrogens with two attached hydrogens (primary N) is 1. The van der Waals surface area contributed by atoms with E-state index in [1.54, 1.807) is 26.2 Å². The number of rotatable bonds is 7. The van der Waals surface area contributed by atoms with E-state index in [1.807, 2.05) is 16.7 Å². The summed E-state index contributed by atoms with van der Waals surface area (Å²) in [6, 6.07) is 3.73. The van der Waals surface area contributed by atoms with E-state index >= 15 is 0 Å². The van der Waals surface area contributed by atoms with E-state index in [1.165, 1.54) is 6.20 Å². The molecule has 9 heteroatoms. The molecule has 1 amide bonds. The van der Waals surface area contributed by atoms with Gasteiger partial charge in [0.15, 0.2) is 11.5 Å². The average molecular weight is 396 g/mol. The topological polar surface area (TPSA) is 116 Å². The molecule has 0 fully saturated rings. The van der Waals surface area contributed by atoms with E-state index in [2.05, 4.69) is 27.0 Å². The lowest BCUT2D eigenvalue weighted by Gasteiger charge is -2.14. The number of hydrogen-bond donors (Lipinski definition) is 2. The number of aromatic nitrogens is 2. The monoisotopic (exact) mass is 396 g/mol. The SMILES string of the molecule is C=N/C=C\C=C(/C)C(=O)N=c1nc2c(OC)c(OCCN)ccc2c2n1CCN2. The molecular weight excluding hydrogens is 372 g/mol. The Kier molecular flexibility index (Phi) is 6.40. The van der Waals surface area contributed by atoms with E-state index in [0.717, 1.165) is 11.2 Å². The molecule has 0 radical (unpaired) electrons. The molecular formula is C20H24N6O3. The number of carbonyl (C=O) groups is 1. The molecule has 2 aromatic rings. The molecule has 0 unspecified atom stereocenters. The average Bonchev–Trinajstić information content (AvgIpc) is 3.22. The molecule has 0 aliphatic carbocycles. The van der Waals surface area contributed by atoms with Crippen LogP contribution in [0.1, 0.15) is 6.92 Å². The van der Waals surface area contributed by atoms with Gasteiger partial charge < -0.3 is 20.5 Å². The number of carbonyl (C=O) groups excluding carboxylic acids is 1. The van der Waals surface area contributed by atoms with Crippen LogP contribution in [-0.2, 0) is 11.3 Å². The van der Waals surface area contributed by atoms with E-state index in [9.17, 15) is 4.79 Å². The van der Waals surface area contributed by atoms with Crippen LogP contribution in [0.4, 0.5) is 5.82 Å². The highest BCUT2D eigenvalue weighted by molar-refractivity contribution is 5.96. The Bertz CT molecular complexity index is 1070. The van der Waals surface area contributed by atoms with E-state index in [4.69, 9.17) is 15.2 Å². The normalized spacial score (nSPS) is 14.2. The van der Waals surface area contributed by atoms with Gasteiger partial charge in [-0.3, -0.25) is 14.4 Å². The Morgan fingerprint density at radius 3 is 3.03 bits per heavy atom. The first-order valence-corrected chi connectivity index (χ1v) is 9.17. The Balaban J connectivity index is 2.17. The fraction of sp³-hybridized carbons (Fsp3) is 0.300. The second-order valence-electron chi connectivity index (χ2n) is 6.26. The van der Waals surface area contributed by atoms with Gasteiger partial charge in [-0.2, -0.15) is 4.99 Å². The predicted molar refractivity (Wildman–Crippen MR) is 112 cm³/mol. The molecule has 0 saturated heterocycles. The molecule has 0 atom stereocenters. The van der Waals surface area contributed by atoms with E-state index in [-0.39, 0.29) is 5.91 Å². The van der Waals surface area contributed by atoms with Crippen molar-refractivity contribution in [3.05, 3.63) is 41.7 Å². The fourth-order valence-electron chi connectivity index (χ4n) is 3.01. The highest BCUT2D eigenvalue weighted by Gasteiger charge is 2.20. The van der Waals surface area contributed by atoms with Crippen LogP contribution in [0.5, 0.6) is 11.5 Å². The molecule has 0 spiro atoms. The van der Waals surface area contributed by atoms with Gasteiger partial charge in [-0.1, -0.05) is 6.08 Å². The van der Waals surface area contributed by atoms with Crippen LogP contribution >= 0.6 is 0 Å². The maximum Gasteiger partial charge on any atom is 0.275 e. The van der Waals surface area contributed by atoms with Gasteiger partial charge in [0.25, 0.3) is 5.91 Å². The lowest BCUT2D eigenvalue weighted by molar-refractivity contribution is -0.114. The highest BCUT2D eigenvalue weighted by atomic mass is 16.5. The van der Waals surface area contributed by atoms with Crippen molar-refractivity contribution in [3.8, 4) is 11.5 Å².